The summed E-state index contributed by atoms with van der Waals surface area (Å²) in [7, 11) is 0. The molecule has 0 atom stereocenters. The van der Waals surface area contributed by atoms with Crippen molar-refractivity contribution >= 4 is 11.3 Å². The van der Waals surface area contributed by atoms with E-state index in [1.165, 1.54) is 23.8 Å². The Morgan fingerprint density at radius 2 is 1.63 bits per heavy atom. The second-order valence-corrected chi connectivity index (χ2v) is 10.6. The Bertz CT molecular complexity index is 1830. The Balaban J connectivity index is 1.46. The molecule has 3 aromatic carbocycles. The zero-order valence-electron chi connectivity index (χ0n) is 22.3. The van der Waals surface area contributed by atoms with E-state index in [1.807, 2.05) is 72.8 Å². The van der Waals surface area contributed by atoms with Crippen LogP contribution in [0, 0.1) is 12.7 Å². The highest BCUT2D eigenvalue weighted by Gasteiger charge is 2.22. The van der Waals surface area contributed by atoms with Crippen molar-refractivity contribution in [1.82, 2.24) is 14.5 Å². The first-order chi connectivity index (χ1) is 20.1. The number of aryl methyl sites for hydroxylation is 2. The number of para-hydroxylation sites is 1. The average molecular weight is 564 g/mol. The van der Waals surface area contributed by atoms with Gasteiger partial charge < -0.3 is 9.15 Å². The van der Waals surface area contributed by atoms with E-state index in [-0.39, 0.29) is 17.9 Å². The van der Waals surface area contributed by atoms with Crippen LogP contribution in [0.5, 0.6) is 5.75 Å². The summed E-state index contributed by atoms with van der Waals surface area (Å²) in [6.45, 7) is 2.34. The Labute approximate surface area is 240 Å². The summed E-state index contributed by atoms with van der Waals surface area (Å²) in [5, 5.41) is 0. The fourth-order valence-corrected chi connectivity index (χ4v) is 5.79. The Morgan fingerprint density at radius 3 is 2.37 bits per heavy atom. The second kappa shape index (κ2) is 11.7. The van der Waals surface area contributed by atoms with Gasteiger partial charge in [-0.15, -0.1) is 11.3 Å². The molecule has 0 spiro atoms. The van der Waals surface area contributed by atoms with Crippen LogP contribution in [-0.4, -0.2) is 14.5 Å². The lowest BCUT2D eigenvalue weighted by atomic mass is 10.1. The highest BCUT2D eigenvalue weighted by molar-refractivity contribution is 7.18. The van der Waals surface area contributed by atoms with Gasteiger partial charge in [0.2, 0.25) is 0 Å². The van der Waals surface area contributed by atoms with Crippen molar-refractivity contribution in [2.75, 3.05) is 0 Å². The van der Waals surface area contributed by atoms with Gasteiger partial charge in [0, 0.05) is 11.4 Å². The summed E-state index contributed by atoms with van der Waals surface area (Å²) >= 11 is 1.44. The highest BCUT2D eigenvalue weighted by Crippen LogP contribution is 2.36. The van der Waals surface area contributed by atoms with E-state index in [1.54, 1.807) is 29.8 Å². The lowest BCUT2D eigenvalue weighted by Crippen LogP contribution is -2.27. The topological polar surface area (TPSA) is 70.2 Å². The molecule has 0 radical (unpaired) electrons. The number of ether oxygens (including phenoxy) is 1. The average Bonchev–Trinajstić information content (AvgIpc) is 3.70. The van der Waals surface area contributed by atoms with E-state index >= 15 is 4.39 Å². The molecule has 0 aliphatic heterocycles. The molecule has 41 heavy (non-hydrogen) atoms. The van der Waals surface area contributed by atoms with Crippen LogP contribution in [0.15, 0.2) is 113 Å². The quantitative estimate of drug-likeness (QED) is 0.182. The molecule has 0 saturated heterocycles. The van der Waals surface area contributed by atoms with E-state index < -0.39 is 5.82 Å². The maximum atomic E-state index is 15.3. The second-order valence-electron chi connectivity index (χ2n) is 9.51. The third kappa shape index (κ3) is 5.60. The normalized spacial score (nSPS) is 11.1. The fraction of sp³-hybridized carbons (Fsp3) is 0.121. The molecule has 6 aromatic rings. The summed E-state index contributed by atoms with van der Waals surface area (Å²) in [6, 6.07) is 28.0. The van der Waals surface area contributed by atoms with Gasteiger partial charge in [0.25, 0.3) is 5.56 Å². The molecule has 6 rings (SSSR count). The van der Waals surface area contributed by atoms with E-state index in [0.29, 0.717) is 41.4 Å². The summed E-state index contributed by atoms with van der Waals surface area (Å²) in [6.07, 6.45) is 3.62. The third-order valence-corrected chi connectivity index (χ3v) is 7.90. The number of halogens is 1. The third-order valence-electron chi connectivity index (χ3n) is 6.78. The monoisotopic (exact) mass is 563 g/mol. The molecule has 0 saturated carbocycles. The highest BCUT2D eigenvalue weighted by atomic mass is 32.1. The number of hydrogen-bond donors (Lipinski definition) is 0. The number of thiophene rings is 1. The van der Waals surface area contributed by atoms with Crippen LogP contribution >= 0.6 is 11.3 Å². The molecule has 0 fully saturated rings. The maximum Gasteiger partial charge on any atom is 0.262 e. The Kier molecular flexibility index (Phi) is 7.56. The molecular formula is C33H26FN3O3S. The van der Waals surface area contributed by atoms with Crippen LogP contribution in [0.25, 0.3) is 32.5 Å². The van der Waals surface area contributed by atoms with Gasteiger partial charge in [-0.25, -0.2) is 14.4 Å². The standard InChI is InChI=1S/C33H26FN3O3S/c1-22-30(29-16-15-28(41-29)27-19-35-21-40-27)33(38)37(18-17-23-9-4-2-5-10-23)32(36-22)25-13-8-14-26(34)31(25)39-20-24-11-6-3-7-12-24/h2-16,19,21H,17-18,20H2,1H3. The van der Waals surface area contributed by atoms with Gasteiger partial charge in [-0.2, -0.15) is 0 Å². The van der Waals surface area contributed by atoms with E-state index in [2.05, 4.69) is 4.98 Å². The van der Waals surface area contributed by atoms with Crippen LogP contribution in [-0.2, 0) is 19.6 Å². The molecule has 8 heteroatoms. The number of hydrogen-bond acceptors (Lipinski definition) is 6. The lowest BCUT2D eigenvalue weighted by molar-refractivity contribution is 0.291. The molecule has 0 N–H and O–H groups in total. The van der Waals surface area contributed by atoms with Crippen molar-refractivity contribution in [2.24, 2.45) is 0 Å². The van der Waals surface area contributed by atoms with Crippen molar-refractivity contribution in [3.8, 4) is 38.2 Å². The van der Waals surface area contributed by atoms with Crippen LogP contribution in [0.3, 0.4) is 0 Å². The number of benzene rings is 3. The van der Waals surface area contributed by atoms with Gasteiger partial charge in [0.05, 0.1) is 27.9 Å². The minimum Gasteiger partial charge on any atom is -0.485 e. The SMILES string of the molecule is Cc1nc(-c2cccc(F)c2OCc2ccccc2)n(CCc2ccccc2)c(=O)c1-c1ccc(-c2cnco2)s1. The molecule has 3 aromatic heterocycles. The molecule has 0 aliphatic rings. The summed E-state index contributed by atoms with van der Waals surface area (Å²) in [5.74, 6) is 0.543. The number of oxazole rings is 1. The minimum atomic E-state index is -0.515. The van der Waals surface area contributed by atoms with Gasteiger partial charge in [-0.05, 0) is 48.7 Å². The smallest absolute Gasteiger partial charge is 0.262 e. The largest absolute Gasteiger partial charge is 0.485 e. The van der Waals surface area contributed by atoms with Gasteiger partial charge in [0.15, 0.2) is 23.7 Å². The number of rotatable bonds is 9. The molecule has 0 bridgehead atoms. The molecule has 0 aliphatic carbocycles. The first-order valence-electron chi connectivity index (χ1n) is 13.2. The van der Waals surface area contributed by atoms with E-state index in [9.17, 15) is 4.79 Å². The molecule has 3 heterocycles. The molecule has 0 unspecified atom stereocenters. The summed E-state index contributed by atoms with van der Waals surface area (Å²) in [5.41, 5.74) is 3.26. The number of aromatic nitrogens is 3. The van der Waals surface area contributed by atoms with Crippen LogP contribution in [0.4, 0.5) is 4.39 Å². The summed E-state index contributed by atoms with van der Waals surface area (Å²) in [4.78, 5) is 24.8. The van der Waals surface area contributed by atoms with Crippen molar-refractivity contribution in [1.29, 1.82) is 0 Å². The van der Waals surface area contributed by atoms with Gasteiger partial charge in [-0.1, -0.05) is 66.7 Å². The first-order valence-corrected chi connectivity index (χ1v) is 14.0. The molecule has 6 nitrogen and oxygen atoms in total. The first kappa shape index (κ1) is 26.4. The number of nitrogens with zero attached hydrogens (tertiary/aromatic N) is 3. The molecular weight excluding hydrogens is 537 g/mol. The lowest BCUT2D eigenvalue weighted by Gasteiger charge is -2.18. The van der Waals surface area contributed by atoms with Crippen molar-refractivity contribution in [3.05, 3.63) is 137 Å². The van der Waals surface area contributed by atoms with E-state index in [4.69, 9.17) is 14.1 Å². The zero-order chi connectivity index (χ0) is 28.2. The Morgan fingerprint density at radius 1 is 0.902 bits per heavy atom. The summed E-state index contributed by atoms with van der Waals surface area (Å²) < 4.78 is 28.4. The van der Waals surface area contributed by atoms with Crippen molar-refractivity contribution in [3.63, 3.8) is 0 Å². The maximum absolute atomic E-state index is 15.3. The molecule has 0 amide bonds. The fourth-order valence-electron chi connectivity index (χ4n) is 4.75. The van der Waals surface area contributed by atoms with Crippen LogP contribution in [0.2, 0.25) is 0 Å². The van der Waals surface area contributed by atoms with Gasteiger partial charge >= 0.3 is 0 Å². The predicted octanol–water partition coefficient (Wildman–Crippen LogP) is 7.56. The Hall–Kier alpha value is -4.82. The van der Waals surface area contributed by atoms with Crippen LogP contribution < -0.4 is 10.3 Å². The van der Waals surface area contributed by atoms with Gasteiger partial charge in [0.1, 0.15) is 12.4 Å². The predicted molar refractivity (Wildman–Crippen MR) is 158 cm³/mol. The van der Waals surface area contributed by atoms with Crippen LogP contribution in [0.1, 0.15) is 16.8 Å². The van der Waals surface area contributed by atoms with Crippen molar-refractivity contribution in [2.45, 2.75) is 26.5 Å². The van der Waals surface area contributed by atoms with Gasteiger partial charge in [-0.3, -0.25) is 9.36 Å². The minimum absolute atomic E-state index is 0.0626. The van der Waals surface area contributed by atoms with Crippen molar-refractivity contribution < 1.29 is 13.5 Å². The molecule has 204 valence electrons. The zero-order valence-corrected chi connectivity index (χ0v) is 23.1. The van der Waals surface area contributed by atoms with E-state index in [0.717, 1.165) is 20.9 Å².